The predicted molar refractivity (Wildman–Crippen MR) is 131 cm³/mol. The number of hydrogen-bond donors (Lipinski definition) is 1. The SMILES string of the molecule is CC1(C)CC=C(c2nc(N3CC(C)(C)OC(C)(C)C3)ccc2NC(=O)OC(C)(C)C)CC1. The van der Waals surface area contributed by atoms with Gasteiger partial charge in [0.05, 0.1) is 22.6 Å². The number of rotatable bonds is 3. The molecule has 1 aromatic heterocycles. The minimum Gasteiger partial charge on any atom is -0.444 e. The molecule has 1 saturated heterocycles. The number of anilines is 2. The Bertz CT molecular complexity index is 878. The van der Waals surface area contributed by atoms with Crippen LogP contribution < -0.4 is 10.2 Å². The average Bonchev–Trinajstić information content (AvgIpc) is 2.58. The molecule has 1 aliphatic carbocycles. The van der Waals surface area contributed by atoms with E-state index >= 15 is 0 Å². The third-order valence-corrected chi connectivity index (χ3v) is 5.81. The molecular weight excluding hydrogens is 402 g/mol. The zero-order valence-electron chi connectivity index (χ0n) is 21.4. The molecule has 0 aromatic carbocycles. The molecule has 2 aliphatic rings. The minimum atomic E-state index is -0.559. The standard InChI is InChI=1S/C26H41N3O3/c1-23(2,3)31-22(30)27-19-10-11-20(29-16-25(6,7)32-26(8,9)17-29)28-21(19)18-12-14-24(4,5)15-13-18/h10-12H,13-17H2,1-9H3,(H,27,30). The van der Waals surface area contributed by atoms with E-state index in [1.54, 1.807) is 0 Å². The van der Waals surface area contributed by atoms with Crippen molar-refractivity contribution in [1.29, 1.82) is 0 Å². The number of ether oxygens (including phenoxy) is 2. The summed E-state index contributed by atoms with van der Waals surface area (Å²) in [5.41, 5.74) is 1.90. The second kappa shape index (κ2) is 8.36. The maximum atomic E-state index is 12.5. The van der Waals surface area contributed by atoms with Crippen LogP contribution in [-0.2, 0) is 9.47 Å². The van der Waals surface area contributed by atoms with Crippen LogP contribution in [0.4, 0.5) is 16.3 Å². The molecule has 0 atom stereocenters. The van der Waals surface area contributed by atoms with Gasteiger partial charge in [-0.15, -0.1) is 0 Å². The van der Waals surface area contributed by atoms with Crippen LogP contribution in [0.1, 0.15) is 87.3 Å². The first-order valence-electron chi connectivity index (χ1n) is 11.7. The summed E-state index contributed by atoms with van der Waals surface area (Å²) in [6.45, 7) is 20.2. The Balaban J connectivity index is 1.96. The molecule has 1 aromatic rings. The summed E-state index contributed by atoms with van der Waals surface area (Å²) in [7, 11) is 0. The van der Waals surface area contributed by atoms with Crippen molar-refractivity contribution in [2.45, 2.75) is 98.4 Å². The highest BCUT2D eigenvalue weighted by Gasteiger charge is 2.39. The van der Waals surface area contributed by atoms with Gasteiger partial charge in [-0.25, -0.2) is 9.78 Å². The maximum Gasteiger partial charge on any atom is 0.412 e. The normalized spacial score (nSPS) is 22.2. The van der Waals surface area contributed by atoms with Crippen LogP contribution in [0.25, 0.3) is 5.57 Å². The molecule has 0 saturated carbocycles. The molecule has 1 aliphatic heterocycles. The van der Waals surface area contributed by atoms with Crippen molar-refractivity contribution in [3.05, 3.63) is 23.9 Å². The van der Waals surface area contributed by atoms with Crippen LogP contribution in [0.3, 0.4) is 0 Å². The van der Waals surface area contributed by atoms with Crippen LogP contribution in [0.5, 0.6) is 0 Å². The Morgan fingerprint density at radius 2 is 1.72 bits per heavy atom. The number of aromatic nitrogens is 1. The average molecular weight is 444 g/mol. The van der Waals surface area contributed by atoms with Crippen LogP contribution in [0.2, 0.25) is 0 Å². The van der Waals surface area contributed by atoms with E-state index in [1.807, 2.05) is 32.9 Å². The largest absolute Gasteiger partial charge is 0.444 e. The first-order chi connectivity index (χ1) is 14.5. The van der Waals surface area contributed by atoms with E-state index < -0.39 is 11.7 Å². The van der Waals surface area contributed by atoms with E-state index in [4.69, 9.17) is 14.5 Å². The highest BCUT2D eigenvalue weighted by molar-refractivity contribution is 5.89. The van der Waals surface area contributed by atoms with Crippen LogP contribution >= 0.6 is 0 Å². The minimum absolute atomic E-state index is 0.273. The highest BCUT2D eigenvalue weighted by Crippen LogP contribution is 2.40. The summed E-state index contributed by atoms with van der Waals surface area (Å²) in [5, 5.41) is 2.94. The molecule has 2 heterocycles. The van der Waals surface area contributed by atoms with E-state index in [0.29, 0.717) is 5.69 Å². The number of morpholine rings is 1. The van der Waals surface area contributed by atoms with Crippen LogP contribution in [-0.4, -0.2) is 41.0 Å². The van der Waals surface area contributed by atoms with Gasteiger partial charge in [0.15, 0.2) is 0 Å². The number of amides is 1. The third kappa shape index (κ3) is 6.47. The zero-order chi connectivity index (χ0) is 23.9. The van der Waals surface area contributed by atoms with Crippen molar-refractivity contribution < 1.29 is 14.3 Å². The van der Waals surface area contributed by atoms with E-state index in [9.17, 15) is 4.79 Å². The molecule has 1 amide bonds. The Labute approximate surface area is 193 Å². The lowest BCUT2D eigenvalue weighted by Gasteiger charge is -2.47. The maximum absolute atomic E-state index is 12.5. The molecular formula is C26H41N3O3. The Morgan fingerprint density at radius 3 is 2.25 bits per heavy atom. The summed E-state index contributed by atoms with van der Waals surface area (Å²) in [5.74, 6) is 0.907. The Hall–Kier alpha value is -2.08. The summed E-state index contributed by atoms with van der Waals surface area (Å²) in [6, 6.07) is 3.94. The lowest BCUT2D eigenvalue weighted by molar-refractivity contribution is -0.133. The first-order valence-corrected chi connectivity index (χ1v) is 11.7. The van der Waals surface area contributed by atoms with Gasteiger partial charge >= 0.3 is 6.09 Å². The number of carbonyl (C=O) groups is 1. The van der Waals surface area contributed by atoms with Crippen molar-refractivity contribution in [1.82, 2.24) is 4.98 Å². The van der Waals surface area contributed by atoms with Gasteiger partial charge in [0, 0.05) is 13.1 Å². The highest BCUT2D eigenvalue weighted by atomic mass is 16.6. The van der Waals surface area contributed by atoms with Crippen molar-refractivity contribution >= 4 is 23.2 Å². The monoisotopic (exact) mass is 443 g/mol. The molecule has 0 spiro atoms. The van der Waals surface area contributed by atoms with Crippen molar-refractivity contribution in [3.8, 4) is 0 Å². The van der Waals surface area contributed by atoms with Gasteiger partial charge < -0.3 is 14.4 Å². The second-order valence-electron chi connectivity index (χ2n) is 12.3. The number of hydrogen-bond acceptors (Lipinski definition) is 5. The van der Waals surface area contributed by atoms with Gasteiger partial charge in [-0.05, 0) is 90.8 Å². The molecule has 1 N–H and O–H groups in total. The lowest BCUT2D eigenvalue weighted by atomic mass is 9.77. The molecule has 0 unspecified atom stereocenters. The number of carbonyl (C=O) groups excluding carboxylic acids is 1. The summed E-state index contributed by atoms with van der Waals surface area (Å²) in [6.07, 6.45) is 4.85. The van der Waals surface area contributed by atoms with Crippen molar-refractivity contribution in [3.63, 3.8) is 0 Å². The topological polar surface area (TPSA) is 63.7 Å². The fourth-order valence-electron chi connectivity index (χ4n) is 4.63. The molecule has 6 nitrogen and oxygen atoms in total. The van der Waals surface area contributed by atoms with Gasteiger partial charge in [0.25, 0.3) is 0 Å². The molecule has 3 rings (SSSR count). The molecule has 0 radical (unpaired) electrons. The van der Waals surface area contributed by atoms with Gasteiger partial charge in [-0.3, -0.25) is 5.32 Å². The predicted octanol–water partition coefficient (Wildman–Crippen LogP) is 6.42. The van der Waals surface area contributed by atoms with Gasteiger partial charge in [0.1, 0.15) is 11.4 Å². The zero-order valence-corrected chi connectivity index (χ0v) is 21.4. The molecule has 0 bridgehead atoms. The number of nitrogens with zero attached hydrogens (tertiary/aromatic N) is 2. The molecule has 178 valence electrons. The molecule has 1 fully saturated rings. The molecule has 32 heavy (non-hydrogen) atoms. The second-order valence-corrected chi connectivity index (χ2v) is 12.3. The van der Waals surface area contributed by atoms with E-state index in [0.717, 1.165) is 43.9 Å². The van der Waals surface area contributed by atoms with Crippen molar-refractivity contribution in [2.24, 2.45) is 5.41 Å². The number of allylic oxidation sites excluding steroid dienone is 2. The first kappa shape index (κ1) is 24.6. The fraction of sp³-hybridized carbons (Fsp3) is 0.692. The summed E-state index contributed by atoms with van der Waals surface area (Å²) in [4.78, 5) is 19.9. The van der Waals surface area contributed by atoms with Crippen LogP contribution in [0, 0.1) is 5.41 Å². The van der Waals surface area contributed by atoms with E-state index in [-0.39, 0.29) is 16.6 Å². The van der Waals surface area contributed by atoms with Gasteiger partial charge in [0.2, 0.25) is 0 Å². The molecule has 6 heteroatoms. The van der Waals surface area contributed by atoms with Gasteiger partial charge in [-0.2, -0.15) is 0 Å². The van der Waals surface area contributed by atoms with Gasteiger partial charge in [-0.1, -0.05) is 19.9 Å². The van der Waals surface area contributed by atoms with E-state index in [1.165, 1.54) is 5.57 Å². The number of nitrogens with one attached hydrogen (secondary N) is 1. The number of pyridine rings is 1. The third-order valence-electron chi connectivity index (χ3n) is 5.81. The Morgan fingerprint density at radius 1 is 1.09 bits per heavy atom. The van der Waals surface area contributed by atoms with Crippen LogP contribution in [0.15, 0.2) is 18.2 Å². The van der Waals surface area contributed by atoms with Crippen molar-refractivity contribution in [2.75, 3.05) is 23.3 Å². The summed E-state index contributed by atoms with van der Waals surface area (Å²) < 4.78 is 11.7. The fourth-order valence-corrected chi connectivity index (χ4v) is 4.63. The smallest absolute Gasteiger partial charge is 0.412 e. The summed E-state index contributed by atoms with van der Waals surface area (Å²) >= 11 is 0. The Kier molecular flexibility index (Phi) is 6.42. The lowest BCUT2D eigenvalue weighted by Crippen LogP contribution is -2.57. The quantitative estimate of drug-likeness (QED) is 0.584. The van der Waals surface area contributed by atoms with E-state index in [2.05, 4.69) is 57.8 Å².